The predicted molar refractivity (Wildman–Crippen MR) is 104 cm³/mol. The van der Waals surface area contributed by atoms with E-state index in [1.165, 1.54) is 11.9 Å². The average Bonchev–Trinajstić information content (AvgIpc) is 2.58. The fourth-order valence-corrected chi connectivity index (χ4v) is 3.17. The van der Waals surface area contributed by atoms with Crippen LogP contribution >= 0.6 is 23.5 Å². The SMILES string of the molecule is Cc1ccc(N(C)Sc2ccc(Oc3ccc(Cl)cc3)cc2)c(=O)[nH]1. The van der Waals surface area contributed by atoms with Gasteiger partial charge in [0.2, 0.25) is 0 Å². The molecule has 0 saturated carbocycles. The average molecular weight is 373 g/mol. The van der Waals surface area contributed by atoms with E-state index in [9.17, 15) is 4.79 Å². The summed E-state index contributed by atoms with van der Waals surface area (Å²) in [4.78, 5) is 15.8. The molecular weight excluding hydrogens is 356 g/mol. The van der Waals surface area contributed by atoms with Crippen molar-refractivity contribution in [1.29, 1.82) is 0 Å². The van der Waals surface area contributed by atoms with Crippen LogP contribution in [0.4, 0.5) is 5.69 Å². The van der Waals surface area contributed by atoms with Crippen LogP contribution in [0.5, 0.6) is 11.5 Å². The van der Waals surface area contributed by atoms with Crippen molar-refractivity contribution >= 4 is 29.2 Å². The highest BCUT2D eigenvalue weighted by atomic mass is 35.5. The zero-order valence-electron chi connectivity index (χ0n) is 13.8. The topological polar surface area (TPSA) is 45.3 Å². The maximum absolute atomic E-state index is 12.0. The zero-order chi connectivity index (χ0) is 17.8. The van der Waals surface area contributed by atoms with Crippen molar-refractivity contribution in [1.82, 2.24) is 4.98 Å². The van der Waals surface area contributed by atoms with Crippen LogP contribution in [0.25, 0.3) is 0 Å². The summed E-state index contributed by atoms with van der Waals surface area (Å²) in [5.41, 5.74) is 1.35. The number of ether oxygens (including phenoxy) is 1. The largest absolute Gasteiger partial charge is 0.457 e. The number of aryl methyl sites for hydroxylation is 1. The number of rotatable bonds is 5. The molecule has 1 aromatic heterocycles. The number of hydrogen-bond donors (Lipinski definition) is 1. The number of hydrogen-bond acceptors (Lipinski definition) is 4. The van der Waals surface area contributed by atoms with E-state index < -0.39 is 0 Å². The molecule has 0 radical (unpaired) electrons. The number of benzene rings is 2. The van der Waals surface area contributed by atoms with E-state index in [1.54, 1.807) is 12.1 Å². The molecule has 0 saturated heterocycles. The van der Waals surface area contributed by atoms with Gasteiger partial charge in [-0.1, -0.05) is 11.6 Å². The van der Waals surface area contributed by atoms with Gasteiger partial charge in [-0.2, -0.15) is 0 Å². The van der Waals surface area contributed by atoms with Crippen LogP contribution in [0.15, 0.2) is 70.4 Å². The molecule has 0 aliphatic heterocycles. The van der Waals surface area contributed by atoms with E-state index in [1.807, 2.05) is 66.8 Å². The normalized spacial score (nSPS) is 10.5. The highest BCUT2D eigenvalue weighted by molar-refractivity contribution is 8.00. The van der Waals surface area contributed by atoms with E-state index in [0.29, 0.717) is 10.7 Å². The van der Waals surface area contributed by atoms with Gasteiger partial charge in [0, 0.05) is 22.7 Å². The Morgan fingerprint density at radius 3 is 2.16 bits per heavy atom. The molecule has 3 rings (SSSR count). The van der Waals surface area contributed by atoms with Gasteiger partial charge in [0.1, 0.15) is 17.2 Å². The summed E-state index contributed by atoms with van der Waals surface area (Å²) in [6.45, 7) is 1.86. The highest BCUT2D eigenvalue weighted by Crippen LogP contribution is 2.28. The number of aromatic nitrogens is 1. The minimum atomic E-state index is -0.0994. The summed E-state index contributed by atoms with van der Waals surface area (Å²) in [6.07, 6.45) is 0. The first kappa shape index (κ1) is 17.5. The Balaban J connectivity index is 1.67. The zero-order valence-corrected chi connectivity index (χ0v) is 15.4. The van der Waals surface area contributed by atoms with E-state index in [4.69, 9.17) is 16.3 Å². The molecule has 6 heteroatoms. The second-order valence-corrected chi connectivity index (χ2v) is 7.11. The maximum Gasteiger partial charge on any atom is 0.272 e. The first-order chi connectivity index (χ1) is 12.0. The highest BCUT2D eigenvalue weighted by Gasteiger charge is 2.08. The van der Waals surface area contributed by atoms with Crippen LogP contribution in [0.3, 0.4) is 0 Å². The van der Waals surface area contributed by atoms with Gasteiger partial charge in [-0.3, -0.25) is 4.79 Å². The Morgan fingerprint density at radius 1 is 0.960 bits per heavy atom. The van der Waals surface area contributed by atoms with Crippen LogP contribution in [0.1, 0.15) is 5.69 Å². The number of nitrogens with one attached hydrogen (secondary N) is 1. The number of H-pyrrole nitrogens is 1. The van der Waals surface area contributed by atoms with Crippen LogP contribution in [-0.2, 0) is 0 Å². The third-order valence-corrected chi connectivity index (χ3v) is 4.69. The summed E-state index contributed by atoms with van der Waals surface area (Å²) in [6, 6.07) is 18.6. The number of nitrogens with zero attached hydrogens (tertiary/aromatic N) is 1. The first-order valence-corrected chi connectivity index (χ1v) is 8.81. The predicted octanol–water partition coefficient (Wildman–Crippen LogP) is 5.27. The summed E-state index contributed by atoms with van der Waals surface area (Å²) < 4.78 is 7.61. The van der Waals surface area contributed by atoms with Gasteiger partial charge in [-0.25, -0.2) is 0 Å². The molecule has 0 unspecified atom stereocenters. The third-order valence-electron chi connectivity index (χ3n) is 3.49. The third kappa shape index (κ3) is 4.59. The minimum absolute atomic E-state index is 0.0994. The quantitative estimate of drug-likeness (QED) is 0.619. The molecule has 4 nitrogen and oxygen atoms in total. The van der Waals surface area contributed by atoms with Gasteiger partial charge < -0.3 is 14.0 Å². The first-order valence-electron chi connectivity index (χ1n) is 7.66. The molecule has 128 valence electrons. The molecule has 1 N–H and O–H groups in total. The second-order valence-electron chi connectivity index (χ2n) is 5.47. The van der Waals surface area contributed by atoms with Crippen LogP contribution in [0.2, 0.25) is 5.02 Å². The standard InChI is InChI=1S/C19H17ClN2O2S/c1-13-3-12-18(19(23)21-13)22(2)25-17-10-8-16(9-11-17)24-15-6-4-14(20)5-7-15/h3-12H,1-2H3,(H,21,23). The molecule has 0 aliphatic rings. The van der Waals surface area contributed by atoms with Gasteiger partial charge in [0.15, 0.2) is 0 Å². The van der Waals surface area contributed by atoms with Crippen molar-refractivity contribution < 1.29 is 4.74 Å². The smallest absolute Gasteiger partial charge is 0.272 e. The van der Waals surface area contributed by atoms with E-state index in [0.717, 1.165) is 22.1 Å². The Labute approximate surface area is 155 Å². The van der Waals surface area contributed by atoms with Crippen LogP contribution in [0, 0.1) is 6.92 Å². The van der Waals surface area contributed by atoms with Crippen molar-refractivity contribution in [2.45, 2.75) is 11.8 Å². The number of aromatic amines is 1. The summed E-state index contributed by atoms with van der Waals surface area (Å²) in [5, 5.41) is 0.674. The van der Waals surface area contributed by atoms with Crippen molar-refractivity contribution in [3.05, 3.63) is 81.7 Å². The van der Waals surface area contributed by atoms with Crippen molar-refractivity contribution in [3.63, 3.8) is 0 Å². The van der Waals surface area contributed by atoms with Gasteiger partial charge in [-0.15, -0.1) is 0 Å². The van der Waals surface area contributed by atoms with Gasteiger partial charge in [0.05, 0.1) is 0 Å². The van der Waals surface area contributed by atoms with Crippen molar-refractivity contribution in [2.24, 2.45) is 0 Å². The Kier molecular flexibility index (Phi) is 5.36. The molecule has 2 aromatic carbocycles. The maximum atomic E-state index is 12.0. The molecule has 0 bridgehead atoms. The van der Waals surface area contributed by atoms with E-state index in [-0.39, 0.29) is 5.56 Å². The second kappa shape index (κ2) is 7.68. The summed E-state index contributed by atoms with van der Waals surface area (Å²) in [5.74, 6) is 1.47. The summed E-state index contributed by atoms with van der Waals surface area (Å²) >= 11 is 7.34. The van der Waals surface area contributed by atoms with Gasteiger partial charge in [0.25, 0.3) is 5.56 Å². The number of anilines is 1. The van der Waals surface area contributed by atoms with E-state index in [2.05, 4.69) is 4.98 Å². The fourth-order valence-electron chi connectivity index (χ4n) is 2.23. The lowest BCUT2D eigenvalue weighted by Gasteiger charge is -2.17. The van der Waals surface area contributed by atoms with Gasteiger partial charge >= 0.3 is 0 Å². The lowest BCUT2D eigenvalue weighted by atomic mass is 10.3. The molecule has 0 spiro atoms. The number of halogens is 1. The molecule has 0 amide bonds. The van der Waals surface area contributed by atoms with Crippen LogP contribution in [-0.4, -0.2) is 12.0 Å². The molecule has 0 atom stereocenters. The van der Waals surface area contributed by atoms with Crippen molar-refractivity contribution in [3.8, 4) is 11.5 Å². The number of pyridine rings is 1. The van der Waals surface area contributed by atoms with E-state index >= 15 is 0 Å². The monoisotopic (exact) mass is 372 g/mol. The molecule has 25 heavy (non-hydrogen) atoms. The Bertz CT molecular complexity index is 908. The fraction of sp³-hybridized carbons (Fsp3) is 0.105. The Morgan fingerprint density at radius 2 is 1.56 bits per heavy atom. The lowest BCUT2D eigenvalue weighted by Crippen LogP contribution is -2.18. The molecule has 0 fully saturated rings. The molecular formula is C19H17ClN2O2S. The summed E-state index contributed by atoms with van der Waals surface area (Å²) in [7, 11) is 1.86. The van der Waals surface area contributed by atoms with Crippen molar-refractivity contribution in [2.75, 3.05) is 11.4 Å². The lowest BCUT2D eigenvalue weighted by molar-refractivity contribution is 0.482. The molecule has 0 aliphatic carbocycles. The molecule has 1 heterocycles. The van der Waals surface area contributed by atoms with Crippen LogP contribution < -0.4 is 14.6 Å². The minimum Gasteiger partial charge on any atom is -0.457 e. The Hall–Kier alpha value is -2.37. The van der Waals surface area contributed by atoms with Gasteiger partial charge in [-0.05, 0) is 79.5 Å². The molecule has 3 aromatic rings.